The number of rotatable bonds is 10. The van der Waals surface area contributed by atoms with Gasteiger partial charge in [-0.25, -0.2) is 14.5 Å². The van der Waals surface area contributed by atoms with E-state index < -0.39 is 28.3 Å². The third-order valence-corrected chi connectivity index (χ3v) is 17.8. The van der Waals surface area contributed by atoms with Crippen LogP contribution in [0.25, 0.3) is 11.4 Å². The molecule has 3 N–H and O–H groups in total. The predicted molar refractivity (Wildman–Crippen MR) is 226 cm³/mol. The monoisotopic (exact) mass is 801 g/mol. The van der Waals surface area contributed by atoms with E-state index in [1.165, 1.54) is 5.57 Å². The second-order valence-electron chi connectivity index (χ2n) is 21.9. The Morgan fingerprint density at radius 1 is 1.02 bits per heavy atom. The standard InChI is InChI=1S/C48H72N4O6/c1-13-57-41(55)32-16-14-31(15-17-32)39-50-28-51-52(39)35-24-43(8)25-56-27-48(38(35)58-26-47(12,49)42(5,6)7)34-20-21-46(11)37(40(53)54)44(9,30(4)29(2)3)22-23-45(46,10)33(34)18-19-36(43)48/h14-17,20,28-30,33,35-38H,13,18-19,21-27,49H2,1-12H3,(H,53,54)/t30-,33+,35-,36-,37-,38+,43-,44-,45-,46+,47+,48+/m1/s1. The first-order valence-corrected chi connectivity index (χ1v) is 22.1. The molecule has 4 aliphatic carbocycles. The summed E-state index contributed by atoms with van der Waals surface area (Å²) in [7, 11) is 0. The van der Waals surface area contributed by atoms with Crippen LogP contribution in [-0.4, -0.2) is 69.9 Å². The molecule has 320 valence electrons. The molecule has 1 aromatic heterocycles. The van der Waals surface area contributed by atoms with Gasteiger partial charge in [-0.15, -0.1) is 0 Å². The van der Waals surface area contributed by atoms with Crippen molar-refractivity contribution in [1.82, 2.24) is 14.8 Å². The number of hydrogen-bond acceptors (Lipinski definition) is 8. The zero-order chi connectivity index (χ0) is 42.4. The van der Waals surface area contributed by atoms with Crippen molar-refractivity contribution in [1.29, 1.82) is 0 Å². The lowest BCUT2D eigenvalue weighted by atomic mass is 9.34. The van der Waals surface area contributed by atoms with E-state index in [-0.39, 0.29) is 51.6 Å². The average molecular weight is 801 g/mol. The van der Waals surface area contributed by atoms with Crippen LogP contribution in [-0.2, 0) is 19.0 Å². The minimum Gasteiger partial charge on any atom is -0.481 e. The molecule has 2 heterocycles. The van der Waals surface area contributed by atoms with Crippen molar-refractivity contribution < 1.29 is 28.9 Å². The highest BCUT2D eigenvalue weighted by Crippen LogP contribution is 2.75. The van der Waals surface area contributed by atoms with Gasteiger partial charge in [0.1, 0.15) is 6.33 Å². The van der Waals surface area contributed by atoms with Crippen molar-refractivity contribution in [3.8, 4) is 11.4 Å². The molecule has 1 aromatic carbocycles. The Balaban J connectivity index is 1.38. The van der Waals surface area contributed by atoms with E-state index >= 15 is 0 Å². The van der Waals surface area contributed by atoms with Crippen LogP contribution < -0.4 is 5.73 Å². The summed E-state index contributed by atoms with van der Waals surface area (Å²) in [6, 6.07) is 7.23. The lowest BCUT2D eigenvalue weighted by Gasteiger charge is -2.71. The molecule has 4 fully saturated rings. The van der Waals surface area contributed by atoms with E-state index in [0.717, 1.165) is 43.5 Å². The number of aliphatic carboxylic acids is 1. The van der Waals surface area contributed by atoms with Crippen molar-refractivity contribution in [2.24, 2.45) is 67.8 Å². The van der Waals surface area contributed by atoms with Crippen LogP contribution in [0.4, 0.5) is 0 Å². The summed E-state index contributed by atoms with van der Waals surface area (Å²) < 4.78 is 21.6. The number of hydrogen-bond donors (Lipinski definition) is 2. The van der Waals surface area contributed by atoms with Crippen molar-refractivity contribution in [2.45, 2.75) is 139 Å². The number of ether oxygens (including phenoxy) is 3. The first-order valence-electron chi connectivity index (χ1n) is 22.1. The van der Waals surface area contributed by atoms with Crippen molar-refractivity contribution in [2.75, 3.05) is 26.4 Å². The van der Waals surface area contributed by atoms with Crippen LogP contribution in [0.5, 0.6) is 0 Å². The zero-order valence-electron chi connectivity index (χ0n) is 37.5. The van der Waals surface area contributed by atoms with Gasteiger partial charge in [0.2, 0.25) is 0 Å². The fraction of sp³-hybridized carbons (Fsp3) is 0.750. The lowest BCUT2D eigenvalue weighted by molar-refractivity contribution is -0.255. The van der Waals surface area contributed by atoms with Gasteiger partial charge in [-0.1, -0.05) is 93.0 Å². The van der Waals surface area contributed by atoms with Crippen LogP contribution in [0.2, 0.25) is 0 Å². The Morgan fingerprint density at radius 3 is 2.33 bits per heavy atom. The highest BCUT2D eigenvalue weighted by molar-refractivity contribution is 5.89. The van der Waals surface area contributed by atoms with Crippen molar-refractivity contribution in [3.05, 3.63) is 47.8 Å². The Hall–Kier alpha value is -3.08. The highest BCUT2D eigenvalue weighted by Gasteiger charge is 2.73. The molecule has 1 saturated heterocycles. The summed E-state index contributed by atoms with van der Waals surface area (Å²) in [5.74, 6) is 0.370. The number of esters is 1. The number of fused-ring (bicyclic) bond motifs is 3. The average Bonchev–Trinajstić information content (AvgIpc) is 3.64. The van der Waals surface area contributed by atoms with E-state index in [4.69, 9.17) is 30.0 Å². The van der Waals surface area contributed by atoms with Gasteiger partial charge in [-0.2, -0.15) is 5.10 Å². The second-order valence-corrected chi connectivity index (χ2v) is 21.9. The van der Waals surface area contributed by atoms with Gasteiger partial charge in [-0.05, 0) is 115 Å². The predicted octanol–water partition coefficient (Wildman–Crippen LogP) is 9.40. The normalized spacial score (nSPS) is 38.7. The molecule has 0 spiro atoms. The summed E-state index contributed by atoms with van der Waals surface area (Å²) in [6.07, 6.45) is 9.18. The van der Waals surface area contributed by atoms with Gasteiger partial charge in [-0.3, -0.25) is 4.79 Å². The van der Waals surface area contributed by atoms with Crippen LogP contribution in [0, 0.1) is 62.1 Å². The number of aromatic nitrogens is 3. The first kappa shape index (κ1) is 43.0. The van der Waals surface area contributed by atoms with Crippen molar-refractivity contribution >= 4 is 11.9 Å². The maximum Gasteiger partial charge on any atom is 0.338 e. The third kappa shape index (κ3) is 6.26. The van der Waals surface area contributed by atoms with Crippen LogP contribution >= 0.6 is 0 Å². The SMILES string of the molecule is CCOC(=O)c1ccc(-c2ncnn2[C@@H]2C[C@]3(C)COC[C@@]4(C5=CC[C@@]6(C)[C@H](C(=O)O)[C@@](C)([C@H](C)C(C)C)CC[C@]6(C)[C@H]5CC[C@H]34)[C@H]2OC[C@](C)(N)C(C)(C)C)cc1. The number of allylic oxidation sites excluding steroid dienone is 1. The topological polar surface area (TPSA) is 139 Å². The van der Waals surface area contributed by atoms with E-state index in [1.54, 1.807) is 25.4 Å². The summed E-state index contributed by atoms with van der Waals surface area (Å²) in [6.45, 7) is 28.4. The molecule has 2 bridgehead atoms. The number of carboxylic acids is 1. The maximum atomic E-state index is 13.7. The van der Waals surface area contributed by atoms with Crippen LogP contribution in [0.1, 0.15) is 138 Å². The quantitative estimate of drug-likeness (QED) is 0.178. The fourth-order valence-electron chi connectivity index (χ4n) is 13.2. The van der Waals surface area contributed by atoms with Crippen LogP contribution in [0.3, 0.4) is 0 Å². The largest absolute Gasteiger partial charge is 0.481 e. The molecular formula is C48H72N4O6. The van der Waals surface area contributed by atoms with E-state index in [9.17, 15) is 14.7 Å². The smallest absolute Gasteiger partial charge is 0.338 e. The molecule has 0 radical (unpaired) electrons. The van der Waals surface area contributed by atoms with Gasteiger partial charge in [0.25, 0.3) is 0 Å². The van der Waals surface area contributed by atoms with E-state index in [1.807, 2.05) is 12.1 Å². The Bertz CT molecular complexity index is 1910. The van der Waals surface area contributed by atoms with Gasteiger partial charge >= 0.3 is 11.9 Å². The molecule has 0 unspecified atom stereocenters. The fourth-order valence-corrected chi connectivity index (χ4v) is 13.2. The number of carbonyl (C=O) groups excluding carboxylic acids is 1. The van der Waals surface area contributed by atoms with Gasteiger partial charge in [0.15, 0.2) is 5.82 Å². The van der Waals surface area contributed by atoms with Gasteiger partial charge < -0.3 is 25.1 Å². The minimum absolute atomic E-state index is 0.176. The second kappa shape index (κ2) is 14.5. The molecule has 10 heteroatoms. The molecular weight excluding hydrogens is 729 g/mol. The van der Waals surface area contributed by atoms with Gasteiger partial charge in [0.05, 0.1) is 50.1 Å². The summed E-state index contributed by atoms with van der Waals surface area (Å²) in [5.41, 5.74) is 7.38. The number of carbonyl (C=O) groups is 2. The van der Waals surface area contributed by atoms with E-state index in [2.05, 4.69) is 86.9 Å². The first-order chi connectivity index (χ1) is 27.0. The molecule has 58 heavy (non-hydrogen) atoms. The maximum absolute atomic E-state index is 13.7. The Labute approximate surface area is 347 Å². The Morgan fingerprint density at radius 2 is 1.71 bits per heavy atom. The highest BCUT2D eigenvalue weighted by atomic mass is 16.5. The summed E-state index contributed by atoms with van der Waals surface area (Å²) >= 11 is 0. The molecule has 12 atom stereocenters. The minimum atomic E-state index is -0.655. The number of nitrogens with zero attached hydrogens (tertiary/aromatic N) is 3. The number of carboxylic acid groups (broad SMARTS) is 1. The summed E-state index contributed by atoms with van der Waals surface area (Å²) in [5, 5.41) is 16.2. The molecule has 0 amide bonds. The lowest BCUT2D eigenvalue weighted by Crippen LogP contribution is -2.70. The molecule has 2 aromatic rings. The van der Waals surface area contributed by atoms with E-state index in [0.29, 0.717) is 50.2 Å². The molecule has 10 nitrogen and oxygen atoms in total. The Kier molecular flexibility index (Phi) is 10.8. The zero-order valence-corrected chi connectivity index (χ0v) is 37.5. The van der Waals surface area contributed by atoms with Crippen molar-refractivity contribution in [3.63, 3.8) is 0 Å². The molecule has 5 aliphatic rings. The van der Waals surface area contributed by atoms with Crippen LogP contribution in [0.15, 0.2) is 42.2 Å². The molecule has 1 aliphatic heterocycles. The molecule has 3 saturated carbocycles. The number of nitrogens with two attached hydrogens (primary N) is 1. The number of benzene rings is 1. The third-order valence-electron chi connectivity index (χ3n) is 17.8. The summed E-state index contributed by atoms with van der Waals surface area (Å²) in [4.78, 5) is 31.1. The molecule has 7 rings (SSSR count). The van der Waals surface area contributed by atoms with Gasteiger partial charge in [0, 0.05) is 16.5 Å².